The summed E-state index contributed by atoms with van der Waals surface area (Å²) in [7, 11) is 0. The van der Waals surface area contributed by atoms with Gasteiger partial charge in [0.25, 0.3) is 11.8 Å². The molecule has 0 aromatic heterocycles. The normalized spacial score (nSPS) is 12.7. The van der Waals surface area contributed by atoms with Crippen molar-refractivity contribution in [2.45, 2.75) is 85.0 Å². The summed E-state index contributed by atoms with van der Waals surface area (Å²) in [6.45, 7) is 9.61. The van der Waals surface area contributed by atoms with Gasteiger partial charge in [-0.15, -0.1) is 0 Å². The highest BCUT2D eigenvalue weighted by Crippen LogP contribution is 2.15. The fourth-order valence-electron chi connectivity index (χ4n) is 4.46. The van der Waals surface area contributed by atoms with Gasteiger partial charge in [0.1, 0.15) is 17.7 Å². The number of aryl methyl sites for hydroxylation is 1. The van der Waals surface area contributed by atoms with Gasteiger partial charge in [0.15, 0.2) is 0 Å². The molecule has 0 aliphatic heterocycles. The lowest BCUT2D eigenvalue weighted by Gasteiger charge is -2.27. The van der Waals surface area contributed by atoms with E-state index in [9.17, 15) is 38.2 Å². The molecule has 10 nitrogen and oxygen atoms in total. The number of nitrogens with zero attached hydrogens (tertiary/aromatic N) is 1. The number of carbonyl (C=O) groups is 4. The maximum Gasteiger partial charge on any atom is 0.253 e. The fraction of sp³-hybridized carbons (Fsp3) is 0.500. The summed E-state index contributed by atoms with van der Waals surface area (Å²) in [4.78, 5) is 50.8. The van der Waals surface area contributed by atoms with Crippen LogP contribution in [0.25, 0.3) is 0 Å². The molecule has 2 rings (SSSR count). The number of hydrogen-bond acceptors (Lipinski definition) is 6. The van der Waals surface area contributed by atoms with Crippen molar-refractivity contribution < 1.29 is 38.2 Å². The molecule has 0 aliphatic carbocycles. The van der Waals surface area contributed by atoms with Crippen molar-refractivity contribution in [2.75, 3.05) is 19.6 Å². The van der Waals surface area contributed by atoms with Crippen molar-refractivity contribution in [1.82, 2.24) is 15.5 Å². The van der Waals surface area contributed by atoms with E-state index in [1.165, 1.54) is 37.3 Å². The van der Waals surface area contributed by atoms with Crippen LogP contribution in [0.3, 0.4) is 0 Å². The van der Waals surface area contributed by atoms with Gasteiger partial charge in [-0.05, 0) is 62.1 Å². The number of aliphatic hydroxyl groups excluding tert-OH is 2. The van der Waals surface area contributed by atoms with Crippen LogP contribution in [-0.4, -0.2) is 76.6 Å². The Kier molecular flexibility index (Phi) is 16.8. The molecule has 44 heavy (non-hydrogen) atoms. The van der Waals surface area contributed by atoms with E-state index in [4.69, 9.17) is 5.73 Å². The van der Waals surface area contributed by atoms with Crippen molar-refractivity contribution in [3.63, 3.8) is 0 Å². The third kappa shape index (κ3) is 13.2. The lowest BCUT2D eigenvalue weighted by Crippen LogP contribution is -2.51. The average Bonchev–Trinajstić information content (AvgIpc) is 2.96. The number of hydrogen-bond donors (Lipinski definition) is 5. The molecule has 2 aromatic carbocycles. The molecule has 3 unspecified atom stereocenters. The summed E-state index contributed by atoms with van der Waals surface area (Å²) in [6, 6.07) is 6.78. The van der Waals surface area contributed by atoms with Crippen molar-refractivity contribution in [2.24, 2.45) is 5.73 Å². The molecule has 2 aromatic rings. The summed E-state index contributed by atoms with van der Waals surface area (Å²) in [5.74, 6) is -3.11. The standard InChI is InChI=1S/C25H40N4O6.C7H6F2/c1-5-8-9-20(28-16(4)30)22(32)21(31)15-27-24(34)18-12-17(23(26)33)13-19(14-18)25(35)29(10-6-2)11-7-3;1-5-2-6(8)4-7(9)3-5/h12-14,20-22,31-32H,5-11,15H2,1-4H3,(H2,26,33)(H,27,34)(H,28,30);2-4H,1H3. The van der Waals surface area contributed by atoms with Crippen molar-refractivity contribution in [3.8, 4) is 0 Å². The topological polar surface area (TPSA) is 162 Å². The minimum Gasteiger partial charge on any atom is -0.388 e. The SMILES string of the molecule is CCCCC(NC(C)=O)C(O)C(O)CNC(=O)c1cc(C(N)=O)cc(C(=O)N(CCC)CCC)c1.Cc1cc(F)cc(F)c1. The maximum atomic E-state index is 13.0. The molecule has 12 heteroatoms. The van der Waals surface area contributed by atoms with Crippen LogP contribution in [0.15, 0.2) is 36.4 Å². The molecule has 0 radical (unpaired) electrons. The summed E-state index contributed by atoms with van der Waals surface area (Å²) in [6.07, 6.45) is 0.930. The molecular weight excluding hydrogens is 574 g/mol. The molecule has 0 spiro atoms. The van der Waals surface area contributed by atoms with Crippen molar-refractivity contribution in [3.05, 3.63) is 70.3 Å². The van der Waals surface area contributed by atoms with Gasteiger partial charge in [-0.3, -0.25) is 19.2 Å². The second kappa shape index (κ2) is 19.4. The Hall–Kier alpha value is -3.90. The van der Waals surface area contributed by atoms with Gasteiger partial charge in [0.05, 0.1) is 12.1 Å². The third-order valence-electron chi connectivity index (χ3n) is 6.54. The molecule has 0 bridgehead atoms. The number of unbranched alkanes of at least 4 members (excludes halogenated alkanes) is 1. The fourth-order valence-corrected chi connectivity index (χ4v) is 4.46. The van der Waals surface area contributed by atoms with Crippen LogP contribution >= 0.6 is 0 Å². The predicted octanol–water partition coefficient (Wildman–Crippen LogP) is 3.47. The Morgan fingerprint density at radius 2 is 1.41 bits per heavy atom. The van der Waals surface area contributed by atoms with Crippen LogP contribution in [-0.2, 0) is 4.79 Å². The number of nitrogens with one attached hydrogen (secondary N) is 2. The molecule has 4 amide bonds. The first-order chi connectivity index (χ1) is 20.7. The number of rotatable bonds is 15. The van der Waals surface area contributed by atoms with Crippen LogP contribution in [0.1, 0.15) is 96.4 Å². The zero-order valence-electron chi connectivity index (χ0n) is 26.2. The molecule has 6 N–H and O–H groups in total. The highest BCUT2D eigenvalue weighted by atomic mass is 19.1. The number of carbonyl (C=O) groups excluding carboxylic acids is 4. The van der Waals surface area contributed by atoms with E-state index in [2.05, 4.69) is 10.6 Å². The number of halogens is 2. The minimum atomic E-state index is -1.35. The van der Waals surface area contributed by atoms with Crippen LogP contribution < -0.4 is 16.4 Å². The molecule has 0 heterocycles. The summed E-state index contributed by atoms with van der Waals surface area (Å²) in [5, 5.41) is 26.1. The number of primary amides is 1. The Bertz CT molecular complexity index is 1200. The molecule has 0 fully saturated rings. The van der Waals surface area contributed by atoms with E-state index in [0.717, 1.165) is 31.7 Å². The Morgan fingerprint density at radius 3 is 1.89 bits per heavy atom. The summed E-state index contributed by atoms with van der Waals surface area (Å²) < 4.78 is 24.4. The van der Waals surface area contributed by atoms with Gasteiger partial charge < -0.3 is 31.5 Å². The first kappa shape index (κ1) is 38.1. The van der Waals surface area contributed by atoms with E-state index >= 15 is 0 Å². The Balaban J connectivity index is 0.000000912. The third-order valence-corrected chi connectivity index (χ3v) is 6.54. The van der Waals surface area contributed by atoms with E-state index in [-0.39, 0.29) is 35.0 Å². The lowest BCUT2D eigenvalue weighted by molar-refractivity contribution is -0.121. The number of amides is 4. The van der Waals surface area contributed by atoms with Gasteiger partial charge in [0, 0.05) is 49.3 Å². The second-order valence-electron chi connectivity index (χ2n) is 10.6. The number of nitrogens with two attached hydrogens (primary N) is 1. The predicted molar refractivity (Wildman–Crippen MR) is 164 cm³/mol. The van der Waals surface area contributed by atoms with Crippen molar-refractivity contribution >= 4 is 23.6 Å². The number of benzene rings is 2. The Labute approximate surface area is 258 Å². The van der Waals surface area contributed by atoms with Gasteiger partial charge in [0.2, 0.25) is 11.8 Å². The molecule has 0 saturated heterocycles. The van der Waals surface area contributed by atoms with Crippen LogP contribution in [0, 0.1) is 18.6 Å². The van der Waals surface area contributed by atoms with Gasteiger partial charge in [-0.1, -0.05) is 33.6 Å². The largest absolute Gasteiger partial charge is 0.388 e. The first-order valence-electron chi connectivity index (χ1n) is 14.8. The molecular formula is C32H46F2N4O6. The second-order valence-corrected chi connectivity index (χ2v) is 10.6. The van der Waals surface area contributed by atoms with E-state index < -0.39 is 41.7 Å². The van der Waals surface area contributed by atoms with E-state index in [1.54, 1.807) is 11.8 Å². The lowest BCUT2D eigenvalue weighted by atomic mass is 9.99. The van der Waals surface area contributed by atoms with Crippen molar-refractivity contribution in [1.29, 1.82) is 0 Å². The highest BCUT2D eigenvalue weighted by Gasteiger charge is 2.27. The van der Waals surface area contributed by atoms with Crippen LogP contribution in [0.4, 0.5) is 8.78 Å². The Morgan fingerprint density at radius 1 is 0.864 bits per heavy atom. The monoisotopic (exact) mass is 620 g/mol. The minimum absolute atomic E-state index is 0.0137. The van der Waals surface area contributed by atoms with Gasteiger partial charge in [-0.25, -0.2) is 8.78 Å². The maximum absolute atomic E-state index is 13.0. The quantitative estimate of drug-likeness (QED) is 0.205. The van der Waals surface area contributed by atoms with Gasteiger partial charge in [-0.2, -0.15) is 0 Å². The number of aliphatic hydroxyl groups is 2. The van der Waals surface area contributed by atoms with Crippen LogP contribution in [0.2, 0.25) is 0 Å². The molecule has 244 valence electrons. The highest BCUT2D eigenvalue weighted by molar-refractivity contribution is 6.04. The zero-order valence-corrected chi connectivity index (χ0v) is 26.2. The van der Waals surface area contributed by atoms with Gasteiger partial charge >= 0.3 is 0 Å². The molecule has 0 saturated carbocycles. The molecule has 3 atom stereocenters. The van der Waals surface area contributed by atoms with E-state index in [0.29, 0.717) is 25.1 Å². The van der Waals surface area contributed by atoms with Crippen LogP contribution in [0.5, 0.6) is 0 Å². The average molecular weight is 621 g/mol. The smallest absolute Gasteiger partial charge is 0.253 e. The van der Waals surface area contributed by atoms with E-state index in [1.807, 2.05) is 20.8 Å². The first-order valence-corrected chi connectivity index (χ1v) is 14.8. The molecule has 0 aliphatic rings. The zero-order chi connectivity index (χ0) is 33.4. The summed E-state index contributed by atoms with van der Waals surface area (Å²) in [5.41, 5.74) is 6.23. The summed E-state index contributed by atoms with van der Waals surface area (Å²) >= 11 is 0.